The molecule has 0 aromatic heterocycles. The number of carbonyl (C=O) groups is 1. The number of hydrogen-bond acceptors (Lipinski definition) is 3. The lowest BCUT2D eigenvalue weighted by Gasteiger charge is -2.25. The second kappa shape index (κ2) is 6.50. The highest BCUT2D eigenvalue weighted by Gasteiger charge is 2.24. The molecular formula is C12H24N2OS. The molecule has 0 spiro atoms. The second-order valence-corrected chi connectivity index (χ2v) is 6.20. The number of thioether (sulfide) groups is 1. The first-order chi connectivity index (χ1) is 7.52. The monoisotopic (exact) mass is 244 g/mol. The van der Waals surface area contributed by atoms with Gasteiger partial charge in [0.15, 0.2) is 0 Å². The molecule has 16 heavy (non-hydrogen) atoms. The lowest BCUT2D eigenvalue weighted by Crippen LogP contribution is -2.44. The largest absolute Gasteiger partial charge is 0.354 e. The van der Waals surface area contributed by atoms with Crippen molar-refractivity contribution < 1.29 is 4.79 Å². The van der Waals surface area contributed by atoms with Gasteiger partial charge in [-0.05, 0) is 17.8 Å². The third kappa shape index (κ3) is 3.98. The maximum atomic E-state index is 11.8. The summed E-state index contributed by atoms with van der Waals surface area (Å²) in [6.45, 7) is 9.69. The molecule has 0 saturated carbocycles. The molecule has 0 radical (unpaired) electrons. The van der Waals surface area contributed by atoms with Crippen molar-refractivity contribution in [1.82, 2.24) is 10.6 Å². The lowest BCUT2D eigenvalue weighted by molar-refractivity contribution is -0.122. The van der Waals surface area contributed by atoms with Crippen LogP contribution in [0.4, 0.5) is 0 Å². The Morgan fingerprint density at radius 1 is 1.38 bits per heavy atom. The van der Waals surface area contributed by atoms with Crippen LogP contribution >= 0.6 is 11.8 Å². The van der Waals surface area contributed by atoms with Crippen LogP contribution in [0.2, 0.25) is 0 Å². The summed E-state index contributed by atoms with van der Waals surface area (Å²) in [5.41, 5.74) is 0. The molecule has 0 aromatic carbocycles. The quantitative estimate of drug-likeness (QED) is 0.773. The fourth-order valence-electron chi connectivity index (χ4n) is 2.15. The van der Waals surface area contributed by atoms with E-state index in [4.69, 9.17) is 0 Å². The lowest BCUT2D eigenvalue weighted by atomic mass is 9.85. The molecule has 0 aromatic rings. The van der Waals surface area contributed by atoms with Gasteiger partial charge in [0.25, 0.3) is 0 Å². The van der Waals surface area contributed by atoms with Crippen molar-refractivity contribution in [2.24, 2.45) is 17.8 Å². The third-order valence-corrected chi connectivity index (χ3v) is 4.20. The van der Waals surface area contributed by atoms with E-state index in [0.717, 1.165) is 18.2 Å². The second-order valence-electron chi connectivity index (χ2n) is 5.17. The number of nitrogens with one attached hydrogen (secondary N) is 2. The van der Waals surface area contributed by atoms with Crippen molar-refractivity contribution in [1.29, 1.82) is 0 Å². The summed E-state index contributed by atoms with van der Waals surface area (Å²) in [5.74, 6) is 3.77. The molecule has 1 fully saturated rings. The first-order valence-corrected chi connectivity index (χ1v) is 7.26. The van der Waals surface area contributed by atoms with E-state index in [1.54, 1.807) is 11.8 Å². The van der Waals surface area contributed by atoms with E-state index in [1.807, 2.05) is 0 Å². The summed E-state index contributed by atoms with van der Waals surface area (Å²) in [6, 6.07) is 0.0185. The van der Waals surface area contributed by atoms with E-state index in [9.17, 15) is 4.79 Å². The van der Waals surface area contributed by atoms with Crippen LogP contribution in [0, 0.1) is 17.8 Å². The molecule has 3 nitrogen and oxygen atoms in total. The summed E-state index contributed by atoms with van der Waals surface area (Å²) >= 11 is 1.79. The van der Waals surface area contributed by atoms with Gasteiger partial charge in [0.1, 0.15) is 0 Å². The molecule has 4 heteroatoms. The SMILES string of the molecule is CC(C)C(CNC(=O)C1CSCN1)C(C)C. The van der Waals surface area contributed by atoms with Crippen LogP contribution < -0.4 is 10.6 Å². The molecule has 1 unspecified atom stereocenters. The Labute approximate surface area is 103 Å². The van der Waals surface area contributed by atoms with Crippen LogP contribution in [0.1, 0.15) is 27.7 Å². The summed E-state index contributed by atoms with van der Waals surface area (Å²) in [6.07, 6.45) is 0. The molecular weight excluding hydrogens is 220 g/mol. The van der Waals surface area contributed by atoms with E-state index in [1.165, 1.54) is 0 Å². The molecule has 94 valence electrons. The zero-order valence-corrected chi connectivity index (χ0v) is 11.6. The minimum Gasteiger partial charge on any atom is -0.354 e. The topological polar surface area (TPSA) is 41.1 Å². The van der Waals surface area contributed by atoms with Crippen LogP contribution in [0.5, 0.6) is 0 Å². The van der Waals surface area contributed by atoms with Crippen LogP contribution in [-0.4, -0.2) is 30.1 Å². The van der Waals surface area contributed by atoms with Gasteiger partial charge in [-0.2, -0.15) is 0 Å². The van der Waals surface area contributed by atoms with Crippen molar-refractivity contribution in [2.75, 3.05) is 18.2 Å². The van der Waals surface area contributed by atoms with E-state index in [2.05, 4.69) is 38.3 Å². The highest BCUT2D eigenvalue weighted by atomic mass is 32.2. The Kier molecular flexibility index (Phi) is 5.62. The molecule has 0 bridgehead atoms. The van der Waals surface area contributed by atoms with Crippen LogP contribution in [-0.2, 0) is 4.79 Å². The Morgan fingerprint density at radius 2 is 2.00 bits per heavy atom. The first kappa shape index (κ1) is 13.8. The Morgan fingerprint density at radius 3 is 2.44 bits per heavy atom. The van der Waals surface area contributed by atoms with Gasteiger partial charge < -0.3 is 5.32 Å². The van der Waals surface area contributed by atoms with Gasteiger partial charge >= 0.3 is 0 Å². The fourth-order valence-corrected chi connectivity index (χ4v) is 3.09. The molecule has 1 atom stereocenters. The highest BCUT2D eigenvalue weighted by molar-refractivity contribution is 7.99. The maximum absolute atomic E-state index is 11.8. The van der Waals surface area contributed by atoms with Gasteiger partial charge in [-0.1, -0.05) is 27.7 Å². The van der Waals surface area contributed by atoms with Crippen molar-refractivity contribution in [2.45, 2.75) is 33.7 Å². The molecule has 1 amide bonds. The van der Waals surface area contributed by atoms with Gasteiger partial charge in [-0.15, -0.1) is 11.8 Å². The first-order valence-electron chi connectivity index (χ1n) is 6.11. The van der Waals surface area contributed by atoms with Gasteiger partial charge in [-0.25, -0.2) is 0 Å². The van der Waals surface area contributed by atoms with Crippen molar-refractivity contribution in [3.8, 4) is 0 Å². The van der Waals surface area contributed by atoms with Gasteiger partial charge in [-0.3, -0.25) is 10.1 Å². The summed E-state index contributed by atoms with van der Waals surface area (Å²) in [5, 5.41) is 6.26. The molecule has 1 rings (SSSR count). The normalized spacial score (nSPS) is 21.1. The molecule has 1 saturated heterocycles. The maximum Gasteiger partial charge on any atom is 0.238 e. The molecule has 1 aliphatic rings. The van der Waals surface area contributed by atoms with Gasteiger partial charge in [0.2, 0.25) is 5.91 Å². The van der Waals surface area contributed by atoms with Crippen LogP contribution in [0.25, 0.3) is 0 Å². The average Bonchev–Trinajstić information content (AvgIpc) is 2.69. The Balaban J connectivity index is 2.33. The van der Waals surface area contributed by atoms with Gasteiger partial charge in [0.05, 0.1) is 6.04 Å². The number of hydrogen-bond donors (Lipinski definition) is 2. The summed E-state index contributed by atoms with van der Waals surface area (Å²) in [4.78, 5) is 11.8. The van der Waals surface area contributed by atoms with E-state index in [0.29, 0.717) is 17.8 Å². The van der Waals surface area contributed by atoms with Crippen LogP contribution in [0.3, 0.4) is 0 Å². The number of carbonyl (C=O) groups excluding carboxylic acids is 1. The smallest absolute Gasteiger partial charge is 0.238 e. The van der Waals surface area contributed by atoms with Crippen molar-refractivity contribution in [3.05, 3.63) is 0 Å². The Hall–Kier alpha value is -0.220. The molecule has 0 aliphatic carbocycles. The molecule has 2 N–H and O–H groups in total. The fraction of sp³-hybridized carbons (Fsp3) is 0.917. The van der Waals surface area contributed by atoms with E-state index >= 15 is 0 Å². The van der Waals surface area contributed by atoms with Crippen molar-refractivity contribution in [3.63, 3.8) is 0 Å². The zero-order valence-electron chi connectivity index (χ0n) is 10.7. The van der Waals surface area contributed by atoms with Gasteiger partial charge in [0, 0.05) is 18.2 Å². The number of rotatable bonds is 5. The summed E-state index contributed by atoms with van der Waals surface area (Å²) in [7, 11) is 0. The zero-order chi connectivity index (χ0) is 12.1. The average molecular weight is 244 g/mol. The minimum absolute atomic E-state index is 0.0185. The molecule has 1 aliphatic heterocycles. The van der Waals surface area contributed by atoms with Crippen molar-refractivity contribution >= 4 is 17.7 Å². The highest BCUT2D eigenvalue weighted by Crippen LogP contribution is 2.19. The minimum atomic E-state index is 0.0185. The van der Waals surface area contributed by atoms with Crippen LogP contribution in [0.15, 0.2) is 0 Å². The Bertz CT molecular complexity index is 217. The predicted molar refractivity (Wildman–Crippen MR) is 70.4 cm³/mol. The molecule has 1 heterocycles. The standard InChI is InChI=1S/C12H24N2OS/c1-8(2)10(9(3)4)5-13-12(15)11-6-16-7-14-11/h8-11,14H,5-7H2,1-4H3,(H,13,15). The predicted octanol–water partition coefficient (Wildman–Crippen LogP) is 1.69. The van der Waals surface area contributed by atoms with E-state index < -0.39 is 0 Å². The number of amides is 1. The third-order valence-electron chi connectivity index (χ3n) is 3.26. The van der Waals surface area contributed by atoms with E-state index in [-0.39, 0.29) is 11.9 Å². The summed E-state index contributed by atoms with van der Waals surface area (Å²) < 4.78 is 0.